The SMILES string of the molecule is Cc1ccc(O)c(C(=O)C(=C=N)/C=C(/C(=O)c2ccccc2)[n+]2ccccc2)c1. The number of Topliss-reactive ketones (excluding diaryl/α,β-unsaturated/α-hetero) is 2. The van der Waals surface area contributed by atoms with Gasteiger partial charge in [0.25, 0.3) is 11.5 Å². The molecule has 0 aliphatic rings. The van der Waals surface area contributed by atoms with Gasteiger partial charge in [0.15, 0.2) is 12.4 Å². The van der Waals surface area contributed by atoms with Gasteiger partial charge >= 0.3 is 0 Å². The summed E-state index contributed by atoms with van der Waals surface area (Å²) < 4.78 is 1.58. The average Bonchev–Trinajstić information content (AvgIpc) is 2.76. The van der Waals surface area contributed by atoms with E-state index in [1.165, 1.54) is 18.2 Å². The first-order valence-corrected chi connectivity index (χ1v) is 8.93. The van der Waals surface area contributed by atoms with Gasteiger partial charge in [0, 0.05) is 23.8 Å². The molecule has 0 radical (unpaired) electrons. The van der Waals surface area contributed by atoms with Gasteiger partial charge in [-0.25, -0.2) is 0 Å². The predicted molar refractivity (Wildman–Crippen MR) is 110 cm³/mol. The lowest BCUT2D eigenvalue weighted by Gasteiger charge is -2.06. The summed E-state index contributed by atoms with van der Waals surface area (Å²) in [5.41, 5.74) is 1.34. The minimum atomic E-state index is -0.587. The van der Waals surface area contributed by atoms with Gasteiger partial charge in [-0.15, -0.1) is 0 Å². The normalized spacial score (nSPS) is 10.9. The Morgan fingerprint density at radius 2 is 1.62 bits per heavy atom. The number of aromatic nitrogens is 1. The molecule has 0 saturated carbocycles. The number of aryl methyl sites for hydroxylation is 1. The Labute approximate surface area is 168 Å². The fraction of sp³-hybridized carbons (Fsp3) is 0.0417. The van der Waals surface area contributed by atoms with E-state index >= 15 is 0 Å². The van der Waals surface area contributed by atoms with E-state index in [1.807, 2.05) is 12.1 Å². The fourth-order valence-corrected chi connectivity index (χ4v) is 2.83. The van der Waals surface area contributed by atoms with E-state index in [-0.39, 0.29) is 28.4 Å². The Morgan fingerprint density at radius 1 is 0.966 bits per heavy atom. The van der Waals surface area contributed by atoms with Crippen LogP contribution < -0.4 is 4.57 Å². The van der Waals surface area contributed by atoms with Crippen molar-refractivity contribution >= 4 is 23.1 Å². The summed E-state index contributed by atoms with van der Waals surface area (Å²) in [5, 5.41) is 17.7. The molecule has 1 aromatic heterocycles. The second kappa shape index (κ2) is 8.74. The van der Waals surface area contributed by atoms with Crippen molar-refractivity contribution in [3.8, 4) is 5.75 Å². The van der Waals surface area contributed by atoms with E-state index in [9.17, 15) is 14.7 Å². The zero-order valence-electron chi connectivity index (χ0n) is 15.8. The number of nitrogens with one attached hydrogen (secondary N) is 1. The lowest BCUT2D eigenvalue weighted by atomic mass is 9.99. The number of carbonyl (C=O) groups is 2. The Morgan fingerprint density at radius 3 is 2.28 bits per heavy atom. The van der Waals surface area contributed by atoms with Crippen molar-refractivity contribution < 1.29 is 19.3 Å². The Bertz CT molecular complexity index is 1140. The number of ketones is 2. The van der Waals surface area contributed by atoms with Crippen molar-refractivity contribution in [1.82, 2.24) is 0 Å². The molecule has 0 bridgehead atoms. The molecule has 0 atom stereocenters. The maximum atomic E-state index is 13.1. The molecule has 3 rings (SSSR count). The second-order valence-electron chi connectivity index (χ2n) is 6.40. The van der Waals surface area contributed by atoms with E-state index in [0.29, 0.717) is 5.56 Å². The third-order valence-electron chi connectivity index (χ3n) is 4.32. The lowest BCUT2D eigenvalue weighted by Crippen LogP contribution is -2.35. The molecule has 29 heavy (non-hydrogen) atoms. The smallest absolute Gasteiger partial charge is 0.260 e. The van der Waals surface area contributed by atoms with Crippen LogP contribution in [-0.4, -0.2) is 22.5 Å². The molecule has 0 amide bonds. The van der Waals surface area contributed by atoms with Crippen molar-refractivity contribution in [2.75, 3.05) is 0 Å². The highest BCUT2D eigenvalue weighted by atomic mass is 16.3. The lowest BCUT2D eigenvalue weighted by molar-refractivity contribution is -0.576. The van der Waals surface area contributed by atoms with Crippen LogP contribution in [0.5, 0.6) is 5.75 Å². The van der Waals surface area contributed by atoms with Gasteiger partial charge in [-0.1, -0.05) is 48.0 Å². The molecule has 2 N–H and O–H groups in total. The first-order chi connectivity index (χ1) is 14.0. The summed E-state index contributed by atoms with van der Waals surface area (Å²) in [6.45, 7) is 1.80. The van der Waals surface area contributed by atoms with Gasteiger partial charge in [-0.2, -0.15) is 4.57 Å². The van der Waals surface area contributed by atoms with Crippen molar-refractivity contribution in [3.05, 3.63) is 107 Å². The molecule has 5 nitrogen and oxygen atoms in total. The summed E-state index contributed by atoms with van der Waals surface area (Å²) in [5.74, 6) is 1.03. The number of rotatable bonds is 6. The van der Waals surface area contributed by atoms with Crippen LogP contribution in [0.25, 0.3) is 5.70 Å². The maximum Gasteiger partial charge on any atom is 0.260 e. The highest BCUT2D eigenvalue weighted by Gasteiger charge is 2.25. The first kappa shape index (κ1) is 19.7. The number of phenols is 1. The fourth-order valence-electron chi connectivity index (χ4n) is 2.83. The van der Waals surface area contributed by atoms with Gasteiger partial charge < -0.3 is 5.11 Å². The molecule has 3 aromatic rings. The average molecular weight is 383 g/mol. The molecular weight excluding hydrogens is 364 g/mol. The monoisotopic (exact) mass is 383 g/mol. The number of allylic oxidation sites excluding steroid dienone is 3. The third kappa shape index (κ3) is 4.43. The predicted octanol–water partition coefficient (Wildman–Crippen LogP) is 3.77. The zero-order valence-corrected chi connectivity index (χ0v) is 15.8. The summed E-state index contributed by atoms with van der Waals surface area (Å²) in [6.07, 6.45) is 4.69. The number of carbonyl (C=O) groups excluding carboxylic acids is 2. The molecule has 0 aliphatic heterocycles. The van der Waals surface area contributed by atoms with Crippen LogP contribution in [0.2, 0.25) is 0 Å². The van der Waals surface area contributed by atoms with Gasteiger partial charge in [0.1, 0.15) is 5.75 Å². The summed E-state index contributed by atoms with van der Waals surface area (Å²) in [6, 6.07) is 18.7. The molecule has 0 saturated heterocycles. The second-order valence-corrected chi connectivity index (χ2v) is 6.40. The standard InChI is InChI=1S/C24H18N2O3/c1-17-10-11-22(27)20(14-17)23(28)19(16-25)15-21(26-12-6-3-7-13-26)24(29)18-8-4-2-5-9-18/h2-15,25H,1H3/p+1/b21-15-. The quantitative estimate of drug-likeness (QED) is 0.223. The van der Waals surface area contributed by atoms with E-state index < -0.39 is 5.78 Å². The Hall–Kier alpha value is -4.08. The van der Waals surface area contributed by atoms with Crippen LogP contribution in [-0.2, 0) is 0 Å². The molecule has 0 aliphatic carbocycles. The number of phenolic OH excluding ortho intramolecular Hbond substituents is 1. The molecule has 142 valence electrons. The van der Waals surface area contributed by atoms with Crippen LogP contribution >= 0.6 is 0 Å². The largest absolute Gasteiger partial charge is 0.507 e. The summed E-state index contributed by atoms with van der Waals surface area (Å²) in [4.78, 5) is 26.1. The van der Waals surface area contributed by atoms with E-state index in [2.05, 4.69) is 5.87 Å². The van der Waals surface area contributed by atoms with E-state index in [1.54, 1.807) is 66.3 Å². The van der Waals surface area contributed by atoms with Crippen molar-refractivity contribution in [1.29, 1.82) is 5.41 Å². The van der Waals surface area contributed by atoms with Crippen LogP contribution in [0, 0.1) is 12.3 Å². The Kier molecular flexibility index (Phi) is 5.93. The topological polar surface area (TPSA) is 82.1 Å². The molecule has 2 aromatic carbocycles. The summed E-state index contributed by atoms with van der Waals surface area (Å²) in [7, 11) is 0. The molecule has 0 spiro atoms. The van der Waals surface area contributed by atoms with Crippen molar-refractivity contribution in [2.45, 2.75) is 6.92 Å². The van der Waals surface area contributed by atoms with Gasteiger partial charge in [0.05, 0.1) is 11.1 Å². The highest BCUT2D eigenvalue weighted by molar-refractivity contribution is 6.25. The molecule has 1 heterocycles. The van der Waals surface area contributed by atoms with Crippen LogP contribution in [0.1, 0.15) is 26.3 Å². The minimum absolute atomic E-state index is 0.0561. The number of pyridine rings is 1. The summed E-state index contributed by atoms with van der Waals surface area (Å²) >= 11 is 0. The molecular formula is C24H19N2O3+. The number of benzene rings is 2. The van der Waals surface area contributed by atoms with Gasteiger partial charge in [-0.05, 0) is 24.9 Å². The number of nitrogens with zero attached hydrogens (tertiary/aromatic N) is 1. The minimum Gasteiger partial charge on any atom is -0.507 e. The molecule has 0 unspecified atom stereocenters. The van der Waals surface area contributed by atoms with Crippen molar-refractivity contribution in [2.24, 2.45) is 0 Å². The van der Waals surface area contributed by atoms with Crippen LogP contribution in [0.4, 0.5) is 0 Å². The van der Waals surface area contributed by atoms with E-state index in [0.717, 1.165) is 5.56 Å². The third-order valence-corrected chi connectivity index (χ3v) is 4.32. The van der Waals surface area contributed by atoms with E-state index in [4.69, 9.17) is 5.41 Å². The highest BCUT2D eigenvalue weighted by Crippen LogP contribution is 2.22. The number of hydrogen-bond acceptors (Lipinski definition) is 4. The number of hydrogen-bond donors (Lipinski definition) is 2. The van der Waals surface area contributed by atoms with Gasteiger partial charge in [-0.3, -0.25) is 15.0 Å². The molecule has 5 heteroatoms. The maximum absolute atomic E-state index is 13.1. The van der Waals surface area contributed by atoms with Gasteiger partial charge in [0.2, 0.25) is 5.78 Å². The molecule has 0 fully saturated rings. The van der Waals surface area contributed by atoms with Crippen LogP contribution in [0.3, 0.4) is 0 Å². The first-order valence-electron chi connectivity index (χ1n) is 8.93. The number of aromatic hydroxyl groups is 1. The van der Waals surface area contributed by atoms with Crippen LogP contribution in [0.15, 0.2) is 90.8 Å². The van der Waals surface area contributed by atoms with Crippen molar-refractivity contribution in [3.63, 3.8) is 0 Å². The Balaban J connectivity index is 2.11. The zero-order chi connectivity index (χ0) is 20.8.